The highest BCUT2D eigenvalue weighted by atomic mass is 16.2. The lowest BCUT2D eigenvalue weighted by Crippen LogP contribution is -2.30. The number of nitrogen functional groups attached to an aromatic ring is 1. The van der Waals surface area contributed by atoms with Gasteiger partial charge < -0.3 is 11.1 Å². The zero-order valence-electron chi connectivity index (χ0n) is 10.2. The minimum absolute atomic E-state index is 0.129. The number of hydrogen-bond acceptors (Lipinski definition) is 3. The van der Waals surface area contributed by atoms with Crippen molar-refractivity contribution < 1.29 is 4.79 Å². The molecule has 1 fully saturated rings. The highest BCUT2D eigenvalue weighted by Gasteiger charge is 2.47. The molecule has 3 N–H and O–H groups in total. The van der Waals surface area contributed by atoms with Gasteiger partial charge in [0.25, 0.3) is 5.91 Å². The Labute approximate surface area is 95.0 Å². The first-order chi connectivity index (χ1) is 7.33. The van der Waals surface area contributed by atoms with E-state index in [1.165, 1.54) is 4.68 Å². The number of aromatic nitrogens is 2. The van der Waals surface area contributed by atoms with Gasteiger partial charge in [0.2, 0.25) is 0 Å². The van der Waals surface area contributed by atoms with Crippen LogP contribution in [0.5, 0.6) is 0 Å². The molecule has 0 radical (unpaired) electrons. The number of nitrogens with zero attached hydrogens (tertiary/aromatic N) is 2. The second-order valence-corrected chi connectivity index (χ2v) is 5.19. The van der Waals surface area contributed by atoms with Crippen LogP contribution in [0.4, 0.5) is 5.69 Å². The molecule has 1 heterocycles. The van der Waals surface area contributed by atoms with E-state index in [0.717, 1.165) is 6.42 Å². The summed E-state index contributed by atoms with van der Waals surface area (Å²) >= 11 is 0. The van der Waals surface area contributed by atoms with Crippen molar-refractivity contribution >= 4 is 11.6 Å². The third-order valence-corrected chi connectivity index (χ3v) is 3.30. The van der Waals surface area contributed by atoms with Gasteiger partial charge in [-0.2, -0.15) is 5.10 Å². The maximum atomic E-state index is 12.0. The van der Waals surface area contributed by atoms with Crippen molar-refractivity contribution in [1.82, 2.24) is 15.1 Å². The number of nitrogens with one attached hydrogen (secondary N) is 1. The van der Waals surface area contributed by atoms with Crippen LogP contribution in [0.15, 0.2) is 0 Å². The molecule has 0 saturated heterocycles. The highest BCUT2D eigenvalue weighted by Crippen LogP contribution is 2.44. The summed E-state index contributed by atoms with van der Waals surface area (Å²) in [5.74, 6) is -0.129. The molecule has 0 bridgehead atoms. The van der Waals surface area contributed by atoms with Crippen molar-refractivity contribution in [1.29, 1.82) is 0 Å². The smallest absolute Gasteiger partial charge is 0.271 e. The number of carbonyl (C=O) groups excluding carboxylic acids is 1. The highest BCUT2D eigenvalue weighted by molar-refractivity contribution is 5.98. The molecule has 0 aromatic carbocycles. The molecular weight excluding hydrogens is 204 g/mol. The first-order valence-electron chi connectivity index (χ1n) is 5.43. The predicted molar refractivity (Wildman–Crippen MR) is 62.0 cm³/mol. The molecule has 0 spiro atoms. The van der Waals surface area contributed by atoms with E-state index in [-0.39, 0.29) is 17.4 Å². The molecule has 88 valence electrons. The predicted octanol–water partition coefficient (Wildman–Crippen LogP) is 0.839. The number of aryl methyl sites for hydroxylation is 2. The summed E-state index contributed by atoms with van der Waals surface area (Å²) in [7, 11) is 1.73. The van der Waals surface area contributed by atoms with Crippen molar-refractivity contribution in [2.45, 2.75) is 33.2 Å². The molecule has 1 amide bonds. The van der Waals surface area contributed by atoms with E-state index in [0.29, 0.717) is 17.1 Å². The molecule has 1 atom stereocenters. The lowest BCUT2D eigenvalue weighted by atomic mass is 10.2. The van der Waals surface area contributed by atoms with Crippen LogP contribution in [-0.4, -0.2) is 21.7 Å². The van der Waals surface area contributed by atoms with Gasteiger partial charge in [-0.25, -0.2) is 0 Å². The van der Waals surface area contributed by atoms with Gasteiger partial charge >= 0.3 is 0 Å². The monoisotopic (exact) mass is 222 g/mol. The van der Waals surface area contributed by atoms with E-state index in [1.54, 1.807) is 14.0 Å². The fraction of sp³-hybridized carbons (Fsp3) is 0.636. The molecule has 5 heteroatoms. The van der Waals surface area contributed by atoms with Gasteiger partial charge in [0.1, 0.15) is 5.69 Å². The molecular formula is C11H18N4O. The van der Waals surface area contributed by atoms with Crippen LogP contribution in [0, 0.1) is 12.3 Å². The molecule has 1 aromatic rings. The Kier molecular flexibility index (Phi) is 2.22. The standard InChI is InChI=1S/C11H18N4O/c1-6-8(12)9(15(4)14-6)10(16)13-7-5-11(7,2)3/h7H,5,12H2,1-4H3,(H,13,16). The number of rotatable bonds is 2. The molecule has 0 aliphatic heterocycles. The first-order valence-corrected chi connectivity index (χ1v) is 5.43. The third kappa shape index (κ3) is 1.66. The maximum Gasteiger partial charge on any atom is 0.271 e. The van der Waals surface area contributed by atoms with Gasteiger partial charge in [0, 0.05) is 13.1 Å². The van der Waals surface area contributed by atoms with Crippen LogP contribution >= 0.6 is 0 Å². The van der Waals surface area contributed by atoms with Crippen molar-refractivity contribution in [3.8, 4) is 0 Å². The lowest BCUT2D eigenvalue weighted by Gasteiger charge is -2.07. The lowest BCUT2D eigenvalue weighted by molar-refractivity contribution is 0.0938. The van der Waals surface area contributed by atoms with E-state index >= 15 is 0 Å². The van der Waals surface area contributed by atoms with E-state index in [4.69, 9.17) is 5.73 Å². The van der Waals surface area contributed by atoms with Crippen LogP contribution in [0.25, 0.3) is 0 Å². The largest absolute Gasteiger partial charge is 0.395 e. The first kappa shape index (κ1) is 11.0. The van der Waals surface area contributed by atoms with Crippen LogP contribution < -0.4 is 11.1 Å². The molecule has 1 aromatic heterocycles. The van der Waals surface area contributed by atoms with Crippen LogP contribution in [0.2, 0.25) is 0 Å². The number of nitrogens with two attached hydrogens (primary N) is 1. The van der Waals surface area contributed by atoms with Crippen LogP contribution in [0.1, 0.15) is 36.5 Å². The summed E-state index contributed by atoms with van der Waals surface area (Å²) in [6.45, 7) is 6.07. The summed E-state index contributed by atoms with van der Waals surface area (Å²) in [5, 5.41) is 7.10. The summed E-state index contributed by atoms with van der Waals surface area (Å²) in [6, 6.07) is 0.259. The van der Waals surface area contributed by atoms with Gasteiger partial charge in [-0.1, -0.05) is 13.8 Å². The fourth-order valence-electron chi connectivity index (χ4n) is 1.88. The topological polar surface area (TPSA) is 72.9 Å². The Balaban J connectivity index is 2.16. The number of amides is 1. The Bertz CT molecular complexity index is 447. The minimum atomic E-state index is -0.129. The Morgan fingerprint density at radius 2 is 2.19 bits per heavy atom. The molecule has 1 saturated carbocycles. The van der Waals surface area contributed by atoms with Gasteiger partial charge in [-0.3, -0.25) is 9.48 Å². The van der Waals surface area contributed by atoms with E-state index in [2.05, 4.69) is 24.3 Å². The van der Waals surface area contributed by atoms with E-state index < -0.39 is 0 Å². The van der Waals surface area contributed by atoms with E-state index in [9.17, 15) is 4.79 Å². The van der Waals surface area contributed by atoms with Crippen LogP contribution in [-0.2, 0) is 7.05 Å². The SMILES string of the molecule is Cc1nn(C)c(C(=O)NC2CC2(C)C)c1N. The van der Waals surface area contributed by atoms with Gasteiger partial charge in [-0.15, -0.1) is 0 Å². The zero-order chi connectivity index (χ0) is 12.1. The number of hydrogen-bond donors (Lipinski definition) is 2. The molecule has 1 aliphatic carbocycles. The summed E-state index contributed by atoms with van der Waals surface area (Å²) in [6.07, 6.45) is 1.02. The summed E-state index contributed by atoms with van der Waals surface area (Å²) in [5.41, 5.74) is 7.67. The third-order valence-electron chi connectivity index (χ3n) is 3.30. The molecule has 1 aliphatic rings. The quantitative estimate of drug-likeness (QED) is 0.778. The molecule has 1 unspecified atom stereocenters. The second kappa shape index (κ2) is 3.23. The average molecular weight is 222 g/mol. The van der Waals surface area contributed by atoms with Crippen molar-refractivity contribution in [3.63, 3.8) is 0 Å². The van der Waals surface area contributed by atoms with Gasteiger partial charge in [-0.05, 0) is 18.8 Å². The number of carbonyl (C=O) groups is 1. The molecule has 2 rings (SSSR count). The van der Waals surface area contributed by atoms with Crippen molar-refractivity contribution in [2.75, 3.05) is 5.73 Å². The van der Waals surface area contributed by atoms with Crippen molar-refractivity contribution in [3.05, 3.63) is 11.4 Å². The normalized spacial score (nSPS) is 21.9. The maximum absolute atomic E-state index is 12.0. The summed E-state index contributed by atoms with van der Waals surface area (Å²) in [4.78, 5) is 12.0. The zero-order valence-corrected chi connectivity index (χ0v) is 10.2. The average Bonchev–Trinajstić information content (AvgIpc) is 2.63. The van der Waals surface area contributed by atoms with Gasteiger partial charge in [0.15, 0.2) is 0 Å². The summed E-state index contributed by atoms with van der Waals surface area (Å²) < 4.78 is 1.54. The Morgan fingerprint density at radius 3 is 2.56 bits per heavy atom. The Morgan fingerprint density at radius 1 is 1.62 bits per heavy atom. The Hall–Kier alpha value is -1.52. The fourth-order valence-corrected chi connectivity index (χ4v) is 1.88. The van der Waals surface area contributed by atoms with Gasteiger partial charge in [0.05, 0.1) is 11.4 Å². The molecule has 5 nitrogen and oxygen atoms in total. The second-order valence-electron chi connectivity index (χ2n) is 5.19. The van der Waals surface area contributed by atoms with E-state index in [1.807, 2.05) is 0 Å². The number of anilines is 1. The van der Waals surface area contributed by atoms with Crippen molar-refractivity contribution in [2.24, 2.45) is 12.5 Å². The van der Waals surface area contributed by atoms with Crippen LogP contribution in [0.3, 0.4) is 0 Å². The molecule has 16 heavy (non-hydrogen) atoms. The minimum Gasteiger partial charge on any atom is -0.395 e.